The maximum absolute atomic E-state index is 12.2. The summed E-state index contributed by atoms with van der Waals surface area (Å²) in [4.78, 5) is 0. The Balaban J connectivity index is 1.77. The molecule has 1 N–H and O–H groups in total. The minimum atomic E-state index is -3.39. The van der Waals surface area contributed by atoms with Gasteiger partial charge in [0.2, 0.25) is 15.9 Å². The molecule has 21 heavy (non-hydrogen) atoms. The van der Waals surface area contributed by atoms with Crippen molar-refractivity contribution in [3.05, 3.63) is 35.4 Å². The first-order chi connectivity index (χ1) is 10.0. The maximum Gasteiger partial charge on any atom is 0.238 e. The molecule has 0 unspecified atom stereocenters. The highest BCUT2D eigenvalue weighted by Crippen LogP contribution is 2.28. The number of rotatable bonds is 4. The van der Waals surface area contributed by atoms with Crippen molar-refractivity contribution in [1.29, 1.82) is 0 Å². The molecule has 0 bridgehead atoms. The van der Waals surface area contributed by atoms with Crippen LogP contribution in [0.3, 0.4) is 0 Å². The van der Waals surface area contributed by atoms with E-state index in [9.17, 15) is 8.42 Å². The third-order valence-electron chi connectivity index (χ3n) is 3.63. The van der Waals surface area contributed by atoms with E-state index in [2.05, 4.69) is 9.88 Å². The number of benzene rings is 1. The van der Waals surface area contributed by atoms with Crippen molar-refractivity contribution in [2.24, 2.45) is 0 Å². The van der Waals surface area contributed by atoms with Gasteiger partial charge in [-0.05, 0) is 25.0 Å². The Bertz CT molecular complexity index is 719. The molecule has 0 spiro atoms. The molecule has 3 rings (SSSR count). The van der Waals surface area contributed by atoms with E-state index < -0.39 is 10.0 Å². The number of anilines is 1. The van der Waals surface area contributed by atoms with Crippen molar-refractivity contribution in [2.45, 2.75) is 30.9 Å². The second kappa shape index (κ2) is 5.69. The summed E-state index contributed by atoms with van der Waals surface area (Å²) in [6, 6.07) is 8.67. The summed E-state index contributed by atoms with van der Waals surface area (Å²) in [5.74, 6) is 0.145. The molecule has 1 heterocycles. The molecule has 1 aromatic heterocycles. The van der Waals surface area contributed by atoms with Crippen LogP contribution in [-0.4, -0.2) is 18.8 Å². The van der Waals surface area contributed by atoms with Gasteiger partial charge in [-0.2, -0.15) is 0 Å². The predicted octanol–water partition coefficient (Wildman–Crippen LogP) is 3.68. The average molecular weight is 327 g/mol. The van der Waals surface area contributed by atoms with E-state index in [0.29, 0.717) is 23.6 Å². The second-order valence-electron chi connectivity index (χ2n) is 5.14. The van der Waals surface area contributed by atoms with E-state index in [-0.39, 0.29) is 11.1 Å². The van der Waals surface area contributed by atoms with Gasteiger partial charge in [0, 0.05) is 16.7 Å². The molecule has 1 aromatic carbocycles. The first-order valence-corrected chi connectivity index (χ1v) is 8.71. The summed E-state index contributed by atoms with van der Waals surface area (Å²) in [6.07, 6.45) is 3.32. The van der Waals surface area contributed by atoms with Gasteiger partial charge in [0.1, 0.15) is 5.69 Å². The topological polar surface area (TPSA) is 72.2 Å². The maximum atomic E-state index is 12.2. The molecule has 1 aliphatic rings. The van der Waals surface area contributed by atoms with Crippen LogP contribution >= 0.6 is 11.6 Å². The molecule has 5 nitrogen and oxygen atoms in total. The Labute approximate surface area is 128 Å². The lowest BCUT2D eigenvalue weighted by Crippen LogP contribution is -2.24. The van der Waals surface area contributed by atoms with Crippen molar-refractivity contribution < 1.29 is 12.9 Å². The first kappa shape index (κ1) is 14.4. The molecule has 0 aliphatic heterocycles. The van der Waals surface area contributed by atoms with Crippen LogP contribution in [0.5, 0.6) is 0 Å². The van der Waals surface area contributed by atoms with Crippen LogP contribution in [0.4, 0.5) is 5.88 Å². The number of halogens is 1. The van der Waals surface area contributed by atoms with Gasteiger partial charge in [-0.3, -0.25) is 4.72 Å². The fourth-order valence-corrected chi connectivity index (χ4v) is 4.13. The summed E-state index contributed by atoms with van der Waals surface area (Å²) in [5.41, 5.74) is 1.38. The summed E-state index contributed by atoms with van der Waals surface area (Å²) in [7, 11) is -3.39. The monoisotopic (exact) mass is 326 g/mol. The van der Waals surface area contributed by atoms with Crippen LogP contribution in [0.1, 0.15) is 25.7 Å². The number of hydrogen-bond donors (Lipinski definition) is 1. The van der Waals surface area contributed by atoms with Gasteiger partial charge in [0.15, 0.2) is 0 Å². The van der Waals surface area contributed by atoms with E-state index in [0.717, 1.165) is 18.4 Å². The second-order valence-corrected chi connectivity index (χ2v) is 7.53. The van der Waals surface area contributed by atoms with Gasteiger partial charge in [-0.1, -0.05) is 41.7 Å². The van der Waals surface area contributed by atoms with E-state index >= 15 is 0 Å². The number of hydrogen-bond acceptors (Lipinski definition) is 4. The van der Waals surface area contributed by atoms with Crippen LogP contribution in [0.15, 0.2) is 34.9 Å². The highest BCUT2D eigenvalue weighted by atomic mass is 35.5. The number of nitrogens with one attached hydrogen (secondary N) is 1. The SMILES string of the molecule is O=S(=O)(Nc1cc(-c2ccc(Cl)cc2)no1)C1CCCC1. The van der Waals surface area contributed by atoms with Gasteiger partial charge in [-0.15, -0.1) is 0 Å². The number of sulfonamides is 1. The summed E-state index contributed by atoms with van der Waals surface area (Å²) >= 11 is 5.83. The molecule has 0 saturated heterocycles. The Morgan fingerprint density at radius 2 is 1.86 bits per heavy atom. The summed E-state index contributed by atoms with van der Waals surface area (Å²) in [6.45, 7) is 0. The highest BCUT2D eigenvalue weighted by Gasteiger charge is 2.29. The first-order valence-electron chi connectivity index (χ1n) is 6.79. The molecular formula is C14H15ClN2O3S. The fourth-order valence-electron chi connectivity index (χ4n) is 2.50. The smallest absolute Gasteiger partial charge is 0.238 e. The molecular weight excluding hydrogens is 312 g/mol. The van der Waals surface area contributed by atoms with Gasteiger partial charge >= 0.3 is 0 Å². The number of nitrogens with zero attached hydrogens (tertiary/aromatic N) is 1. The van der Waals surface area contributed by atoms with Gasteiger partial charge in [0.05, 0.1) is 5.25 Å². The molecule has 7 heteroatoms. The minimum Gasteiger partial charge on any atom is -0.337 e. The van der Waals surface area contributed by atoms with Crippen LogP contribution < -0.4 is 4.72 Å². The molecule has 1 aliphatic carbocycles. The third kappa shape index (κ3) is 3.22. The lowest BCUT2D eigenvalue weighted by molar-refractivity contribution is 0.438. The Hall–Kier alpha value is -1.53. The Morgan fingerprint density at radius 1 is 1.19 bits per heavy atom. The van der Waals surface area contributed by atoms with Crippen molar-refractivity contribution in [2.75, 3.05) is 4.72 Å². The lowest BCUT2D eigenvalue weighted by atomic mass is 10.1. The van der Waals surface area contributed by atoms with E-state index in [1.54, 1.807) is 30.3 Å². The zero-order valence-corrected chi connectivity index (χ0v) is 12.8. The predicted molar refractivity (Wildman–Crippen MR) is 81.7 cm³/mol. The van der Waals surface area contributed by atoms with Crippen molar-refractivity contribution >= 4 is 27.5 Å². The molecule has 2 aromatic rings. The lowest BCUT2D eigenvalue weighted by Gasteiger charge is -2.10. The van der Waals surface area contributed by atoms with Gasteiger partial charge in [-0.25, -0.2) is 8.42 Å². The quantitative estimate of drug-likeness (QED) is 0.930. The summed E-state index contributed by atoms with van der Waals surface area (Å²) in [5, 5.41) is 4.18. The Kier molecular flexibility index (Phi) is 3.91. The standard InChI is InChI=1S/C14H15ClN2O3S/c15-11-7-5-10(6-8-11)13-9-14(20-16-13)17-21(18,19)12-3-1-2-4-12/h5-9,12,17H,1-4H2. The van der Waals surface area contributed by atoms with Crippen LogP contribution in [0.25, 0.3) is 11.3 Å². The van der Waals surface area contributed by atoms with Crippen LogP contribution in [0.2, 0.25) is 5.02 Å². The van der Waals surface area contributed by atoms with Crippen molar-refractivity contribution in [3.8, 4) is 11.3 Å². The summed E-state index contributed by atoms with van der Waals surface area (Å²) < 4.78 is 31.9. The number of aromatic nitrogens is 1. The van der Waals surface area contributed by atoms with E-state index in [1.165, 1.54) is 0 Å². The third-order valence-corrected chi connectivity index (χ3v) is 5.72. The Morgan fingerprint density at radius 3 is 2.52 bits per heavy atom. The zero-order chi connectivity index (χ0) is 14.9. The van der Waals surface area contributed by atoms with Crippen LogP contribution in [0, 0.1) is 0 Å². The van der Waals surface area contributed by atoms with Crippen molar-refractivity contribution in [1.82, 2.24) is 5.16 Å². The molecule has 0 atom stereocenters. The fraction of sp³-hybridized carbons (Fsp3) is 0.357. The molecule has 0 amide bonds. The zero-order valence-electron chi connectivity index (χ0n) is 11.3. The largest absolute Gasteiger partial charge is 0.337 e. The molecule has 1 fully saturated rings. The molecule has 112 valence electrons. The van der Waals surface area contributed by atoms with Gasteiger partial charge < -0.3 is 4.52 Å². The van der Waals surface area contributed by atoms with E-state index in [1.807, 2.05) is 0 Å². The van der Waals surface area contributed by atoms with Crippen molar-refractivity contribution in [3.63, 3.8) is 0 Å². The minimum absolute atomic E-state index is 0.145. The normalized spacial score (nSPS) is 16.2. The van der Waals surface area contributed by atoms with E-state index in [4.69, 9.17) is 16.1 Å². The highest BCUT2D eigenvalue weighted by molar-refractivity contribution is 7.93. The molecule has 0 radical (unpaired) electrons. The van der Waals surface area contributed by atoms with Crippen LogP contribution in [-0.2, 0) is 10.0 Å². The average Bonchev–Trinajstić information content (AvgIpc) is 3.10. The molecule has 1 saturated carbocycles. The van der Waals surface area contributed by atoms with Gasteiger partial charge in [0.25, 0.3) is 0 Å².